The Balaban J connectivity index is 5.23. The molecule has 3 amide bonds. The lowest BCUT2D eigenvalue weighted by Crippen LogP contribution is -2.55. The second-order valence-electron chi connectivity index (χ2n) is 11.1. The number of likely N-dealkylation sites (N-methyl/N-ethyl adjacent to an activating group) is 1. The fraction of sp³-hybridized carbons (Fsp3) is 0.857. The normalized spacial score (nSPS) is 15.2. The maximum atomic E-state index is 13.1. The summed E-state index contributed by atoms with van der Waals surface area (Å²) in [6.45, 7) is 19.2. The van der Waals surface area contributed by atoms with Gasteiger partial charge in [0.1, 0.15) is 6.04 Å². The highest BCUT2D eigenvalue weighted by molar-refractivity contribution is 5.92. The van der Waals surface area contributed by atoms with Gasteiger partial charge >= 0.3 is 0 Å². The Morgan fingerprint density at radius 1 is 0.889 bits per heavy atom. The third-order valence-electron chi connectivity index (χ3n) is 7.55. The van der Waals surface area contributed by atoms with E-state index in [4.69, 9.17) is 4.74 Å². The highest BCUT2D eigenvalue weighted by Gasteiger charge is 2.34. The molecule has 0 saturated carbocycles. The Morgan fingerprint density at radius 2 is 1.44 bits per heavy atom. The summed E-state index contributed by atoms with van der Waals surface area (Å²) in [5, 5.41) is 5.93. The van der Waals surface area contributed by atoms with Gasteiger partial charge in [0.15, 0.2) is 5.78 Å². The molecule has 0 spiro atoms. The van der Waals surface area contributed by atoms with Gasteiger partial charge in [-0.2, -0.15) is 0 Å². The molecule has 0 aromatic heterocycles. The summed E-state index contributed by atoms with van der Waals surface area (Å²) in [4.78, 5) is 51.3. The fourth-order valence-electron chi connectivity index (χ4n) is 4.67. The molecule has 36 heavy (non-hydrogen) atoms. The average Bonchev–Trinajstić information content (AvgIpc) is 2.79. The van der Waals surface area contributed by atoms with Crippen molar-refractivity contribution in [3.8, 4) is 0 Å². The number of rotatable bonds is 17. The van der Waals surface area contributed by atoms with Crippen LogP contribution in [0.4, 0.5) is 0 Å². The van der Waals surface area contributed by atoms with Crippen LogP contribution in [0.2, 0.25) is 0 Å². The molecule has 0 fully saturated rings. The number of carbonyl (C=O) groups excluding carboxylic acids is 4. The fourth-order valence-corrected chi connectivity index (χ4v) is 4.67. The van der Waals surface area contributed by atoms with Gasteiger partial charge in [-0.3, -0.25) is 19.2 Å². The van der Waals surface area contributed by atoms with Crippen LogP contribution < -0.4 is 10.6 Å². The first-order valence-electron chi connectivity index (χ1n) is 13.6. The van der Waals surface area contributed by atoms with Crippen molar-refractivity contribution in [1.29, 1.82) is 0 Å². The SMILES string of the molecule is CCC(CC)(CCOC(C)(CC)CCC(=O)N(C)[C@H](C(=O)N[C@H](C(C)=O)C(C)C)C(C)C)NC(C)=O. The van der Waals surface area contributed by atoms with Crippen LogP contribution in [0.3, 0.4) is 0 Å². The van der Waals surface area contributed by atoms with E-state index in [1.54, 1.807) is 7.05 Å². The topological polar surface area (TPSA) is 105 Å². The molecule has 2 N–H and O–H groups in total. The van der Waals surface area contributed by atoms with Crippen LogP contribution in [0.1, 0.15) is 108 Å². The highest BCUT2D eigenvalue weighted by Crippen LogP contribution is 2.26. The summed E-state index contributed by atoms with van der Waals surface area (Å²) in [6, 6.07) is -1.24. The number of amides is 3. The molecule has 0 radical (unpaired) electrons. The monoisotopic (exact) mass is 511 g/mol. The van der Waals surface area contributed by atoms with Gasteiger partial charge in [0.05, 0.1) is 11.6 Å². The molecule has 3 atom stereocenters. The highest BCUT2D eigenvalue weighted by atomic mass is 16.5. The summed E-state index contributed by atoms with van der Waals surface area (Å²) in [5.74, 6) is -0.731. The van der Waals surface area contributed by atoms with Gasteiger partial charge in [0.25, 0.3) is 0 Å². The van der Waals surface area contributed by atoms with Crippen molar-refractivity contribution < 1.29 is 23.9 Å². The zero-order chi connectivity index (χ0) is 28.3. The number of hydrogen-bond donors (Lipinski definition) is 2. The first kappa shape index (κ1) is 34.0. The number of carbonyl (C=O) groups is 4. The summed E-state index contributed by atoms with van der Waals surface area (Å²) < 4.78 is 6.27. The van der Waals surface area contributed by atoms with Crippen molar-refractivity contribution in [1.82, 2.24) is 15.5 Å². The number of ketones is 1. The molecule has 0 rings (SSSR count). The van der Waals surface area contributed by atoms with E-state index < -0.39 is 17.7 Å². The van der Waals surface area contributed by atoms with Gasteiger partial charge in [-0.05, 0) is 57.8 Å². The minimum atomic E-state index is -0.667. The number of Topliss-reactive ketones (excluding diaryl/α,β-unsaturated/α-hetero) is 1. The van der Waals surface area contributed by atoms with Crippen LogP contribution >= 0.6 is 0 Å². The Morgan fingerprint density at radius 3 is 1.83 bits per heavy atom. The molecule has 0 bridgehead atoms. The van der Waals surface area contributed by atoms with Crippen LogP contribution in [0, 0.1) is 11.8 Å². The molecule has 8 heteroatoms. The van der Waals surface area contributed by atoms with Crippen molar-refractivity contribution in [2.45, 2.75) is 131 Å². The van der Waals surface area contributed by atoms with Gasteiger partial charge in [-0.15, -0.1) is 0 Å². The predicted molar refractivity (Wildman–Crippen MR) is 144 cm³/mol. The van der Waals surface area contributed by atoms with Crippen LogP contribution in [0.5, 0.6) is 0 Å². The zero-order valence-corrected chi connectivity index (χ0v) is 24.7. The van der Waals surface area contributed by atoms with Gasteiger partial charge < -0.3 is 20.3 Å². The molecule has 0 aliphatic heterocycles. The summed E-state index contributed by atoms with van der Waals surface area (Å²) in [6.07, 6.45) is 3.84. The van der Waals surface area contributed by atoms with Crippen molar-refractivity contribution in [3.05, 3.63) is 0 Å². The Hall–Kier alpha value is -1.96. The Bertz CT molecular complexity index is 733. The Kier molecular flexibility index (Phi) is 14.5. The third kappa shape index (κ3) is 10.6. The summed E-state index contributed by atoms with van der Waals surface area (Å²) in [5.41, 5.74) is -0.783. The smallest absolute Gasteiger partial charge is 0.243 e. The quantitative estimate of drug-likeness (QED) is 0.304. The van der Waals surface area contributed by atoms with E-state index >= 15 is 0 Å². The minimum absolute atomic E-state index is 0.0347. The average molecular weight is 512 g/mol. The lowest BCUT2D eigenvalue weighted by atomic mass is 9.89. The first-order chi connectivity index (χ1) is 16.6. The molecular weight excluding hydrogens is 458 g/mol. The first-order valence-corrected chi connectivity index (χ1v) is 13.6. The number of ether oxygens (including phenoxy) is 1. The van der Waals surface area contributed by atoms with Gasteiger partial charge in [0, 0.05) is 32.5 Å². The predicted octanol–water partition coefficient (Wildman–Crippen LogP) is 4.25. The van der Waals surface area contributed by atoms with Crippen molar-refractivity contribution >= 4 is 23.5 Å². The van der Waals surface area contributed by atoms with E-state index in [0.29, 0.717) is 19.4 Å². The molecule has 0 aromatic carbocycles. The van der Waals surface area contributed by atoms with Crippen LogP contribution in [-0.4, -0.2) is 65.3 Å². The molecule has 0 aliphatic rings. The number of nitrogens with zero attached hydrogens (tertiary/aromatic N) is 1. The molecule has 210 valence electrons. The Labute approximate surface area is 219 Å². The second-order valence-corrected chi connectivity index (χ2v) is 11.1. The molecule has 0 saturated heterocycles. The number of hydrogen-bond acceptors (Lipinski definition) is 5. The maximum Gasteiger partial charge on any atom is 0.243 e. The van der Waals surface area contributed by atoms with Gasteiger partial charge in [0.2, 0.25) is 17.7 Å². The lowest BCUT2D eigenvalue weighted by molar-refractivity contribution is -0.143. The minimum Gasteiger partial charge on any atom is -0.375 e. The second kappa shape index (κ2) is 15.3. The standard InChI is InChI=1S/C28H53N3O5/c1-12-27(10,36-18-17-28(13-2,14-3)30-22(9)33)16-15-23(34)31(11)25(20(6)7)26(35)29-24(19(4)5)21(8)32/h19-20,24-25H,12-18H2,1-11H3,(H,29,35)(H,30,33)/t24-,25-,27?/m0/s1. The van der Waals surface area contributed by atoms with Crippen LogP contribution in [0.15, 0.2) is 0 Å². The summed E-state index contributed by atoms with van der Waals surface area (Å²) in [7, 11) is 1.65. The lowest BCUT2D eigenvalue weighted by Gasteiger charge is -2.36. The largest absolute Gasteiger partial charge is 0.375 e. The molecule has 8 nitrogen and oxygen atoms in total. The number of nitrogens with one attached hydrogen (secondary N) is 2. The van der Waals surface area contributed by atoms with E-state index in [9.17, 15) is 19.2 Å². The van der Waals surface area contributed by atoms with E-state index in [1.807, 2.05) is 41.5 Å². The molecular formula is C28H53N3O5. The van der Waals surface area contributed by atoms with E-state index in [-0.39, 0.29) is 47.3 Å². The van der Waals surface area contributed by atoms with Crippen molar-refractivity contribution in [3.63, 3.8) is 0 Å². The molecule has 1 unspecified atom stereocenters. The van der Waals surface area contributed by atoms with E-state index in [0.717, 1.165) is 19.3 Å². The van der Waals surface area contributed by atoms with Crippen LogP contribution in [0.25, 0.3) is 0 Å². The molecule has 0 heterocycles. The summed E-state index contributed by atoms with van der Waals surface area (Å²) >= 11 is 0. The van der Waals surface area contributed by atoms with E-state index in [2.05, 4.69) is 24.5 Å². The van der Waals surface area contributed by atoms with Crippen molar-refractivity contribution in [2.75, 3.05) is 13.7 Å². The maximum absolute atomic E-state index is 13.1. The third-order valence-corrected chi connectivity index (χ3v) is 7.55. The van der Waals surface area contributed by atoms with Crippen molar-refractivity contribution in [2.24, 2.45) is 11.8 Å². The van der Waals surface area contributed by atoms with E-state index in [1.165, 1.54) is 18.7 Å². The zero-order valence-electron chi connectivity index (χ0n) is 24.7. The van der Waals surface area contributed by atoms with Crippen LogP contribution in [-0.2, 0) is 23.9 Å². The van der Waals surface area contributed by atoms with Gasteiger partial charge in [-0.1, -0.05) is 48.5 Å². The molecule has 0 aromatic rings. The van der Waals surface area contributed by atoms with Gasteiger partial charge in [-0.25, -0.2) is 0 Å². The molecule has 0 aliphatic carbocycles.